The van der Waals surface area contributed by atoms with E-state index in [1.165, 1.54) is 12.1 Å². The van der Waals surface area contributed by atoms with Crippen molar-refractivity contribution in [2.45, 2.75) is 57.9 Å². The van der Waals surface area contributed by atoms with E-state index < -0.39 is 23.2 Å². The number of aliphatic carboxylic acids is 1. The zero-order valence-corrected chi connectivity index (χ0v) is 15.1. The molecular formula is C19H25FN2O4. The third-order valence-corrected chi connectivity index (χ3v) is 4.53. The van der Waals surface area contributed by atoms with Crippen LogP contribution in [0.1, 0.15) is 62.7 Å². The summed E-state index contributed by atoms with van der Waals surface area (Å²) >= 11 is 0. The second-order valence-electron chi connectivity index (χ2n) is 7.35. The van der Waals surface area contributed by atoms with Gasteiger partial charge in [-0.15, -0.1) is 0 Å². The van der Waals surface area contributed by atoms with Gasteiger partial charge >= 0.3 is 5.97 Å². The van der Waals surface area contributed by atoms with Gasteiger partial charge in [-0.25, -0.2) is 4.39 Å². The smallest absolute Gasteiger partial charge is 0.305 e. The molecule has 2 amide bonds. The molecule has 6 nitrogen and oxygen atoms in total. The maximum absolute atomic E-state index is 14.2. The lowest BCUT2D eigenvalue weighted by Gasteiger charge is -2.28. The van der Waals surface area contributed by atoms with Gasteiger partial charge in [-0.2, -0.15) is 0 Å². The fraction of sp³-hybridized carbons (Fsp3) is 0.526. The monoisotopic (exact) mass is 364 g/mol. The number of carbonyl (C=O) groups excluding carboxylic acids is 2. The van der Waals surface area contributed by atoms with Gasteiger partial charge in [0.1, 0.15) is 5.82 Å². The highest BCUT2D eigenvalue weighted by molar-refractivity contribution is 5.96. The molecule has 0 spiro atoms. The van der Waals surface area contributed by atoms with Crippen molar-refractivity contribution in [2.24, 2.45) is 5.92 Å². The minimum atomic E-state index is -0.971. The molecule has 1 fully saturated rings. The third kappa shape index (κ3) is 5.28. The summed E-state index contributed by atoms with van der Waals surface area (Å²) < 4.78 is 14.2. The predicted octanol–water partition coefficient (Wildman–Crippen LogP) is 3.33. The minimum Gasteiger partial charge on any atom is -0.481 e. The average molecular weight is 364 g/mol. The lowest BCUT2D eigenvalue weighted by Crippen LogP contribution is -2.47. The van der Waals surface area contributed by atoms with Crippen LogP contribution in [0.15, 0.2) is 18.2 Å². The summed E-state index contributed by atoms with van der Waals surface area (Å²) in [6.45, 7) is 3.78. The first kappa shape index (κ1) is 19.9. The molecule has 0 atom stereocenters. The summed E-state index contributed by atoms with van der Waals surface area (Å²) in [6.07, 6.45) is 3.02. The number of nitrogens with one attached hydrogen (secondary N) is 2. The molecule has 0 aliphatic heterocycles. The molecule has 1 aliphatic carbocycles. The summed E-state index contributed by atoms with van der Waals surface area (Å²) in [5.74, 6) is -2.32. The Hall–Kier alpha value is -2.44. The molecule has 0 aromatic heterocycles. The number of hydrogen-bond acceptors (Lipinski definition) is 3. The largest absolute Gasteiger partial charge is 0.481 e. The van der Waals surface area contributed by atoms with Crippen molar-refractivity contribution in [3.8, 4) is 0 Å². The van der Waals surface area contributed by atoms with Crippen LogP contribution in [0.25, 0.3) is 0 Å². The van der Waals surface area contributed by atoms with Gasteiger partial charge in [-0.1, -0.05) is 26.7 Å². The summed E-state index contributed by atoms with van der Waals surface area (Å²) in [7, 11) is 0. The van der Waals surface area contributed by atoms with Gasteiger partial charge in [0.2, 0.25) is 5.91 Å². The predicted molar refractivity (Wildman–Crippen MR) is 95.4 cm³/mol. The Balaban J connectivity index is 2.08. The van der Waals surface area contributed by atoms with Crippen molar-refractivity contribution in [1.82, 2.24) is 5.32 Å². The van der Waals surface area contributed by atoms with Gasteiger partial charge in [0.25, 0.3) is 5.91 Å². The van der Waals surface area contributed by atoms with Crippen molar-refractivity contribution in [3.63, 3.8) is 0 Å². The lowest BCUT2D eigenvalue weighted by molar-refractivity contribution is -0.138. The average Bonchev–Trinajstić information content (AvgIpc) is 2.95. The zero-order valence-electron chi connectivity index (χ0n) is 15.1. The number of halogens is 1. The first-order valence-electron chi connectivity index (χ1n) is 8.84. The van der Waals surface area contributed by atoms with Crippen LogP contribution >= 0.6 is 0 Å². The van der Waals surface area contributed by atoms with Crippen molar-refractivity contribution < 1.29 is 23.9 Å². The standard InChI is InChI=1S/C19H25FN2O4/c1-12(2)9-16(23)21-15-6-5-13(10-14(15)20)18(26)22-19(11-17(24)25)7-3-4-8-19/h5-6,10,12H,3-4,7-9,11H2,1-2H3,(H,21,23)(H,22,26)(H,24,25). The first-order valence-corrected chi connectivity index (χ1v) is 8.84. The topological polar surface area (TPSA) is 95.5 Å². The van der Waals surface area contributed by atoms with Crippen LogP contribution in [0.2, 0.25) is 0 Å². The highest BCUT2D eigenvalue weighted by atomic mass is 19.1. The number of carbonyl (C=O) groups is 3. The van der Waals surface area contributed by atoms with E-state index in [0.29, 0.717) is 12.8 Å². The second-order valence-corrected chi connectivity index (χ2v) is 7.35. The van der Waals surface area contributed by atoms with E-state index in [9.17, 15) is 18.8 Å². The van der Waals surface area contributed by atoms with Gasteiger partial charge in [0.05, 0.1) is 17.6 Å². The molecule has 0 saturated heterocycles. The number of hydrogen-bond donors (Lipinski definition) is 3. The molecule has 1 saturated carbocycles. The zero-order chi connectivity index (χ0) is 19.3. The van der Waals surface area contributed by atoms with E-state index in [1.807, 2.05) is 13.8 Å². The van der Waals surface area contributed by atoms with Gasteiger partial charge in [0.15, 0.2) is 0 Å². The van der Waals surface area contributed by atoms with E-state index in [4.69, 9.17) is 5.11 Å². The van der Waals surface area contributed by atoms with E-state index in [0.717, 1.165) is 18.9 Å². The number of rotatable bonds is 7. The minimum absolute atomic E-state index is 0.0216. The maximum atomic E-state index is 14.2. The molecule has 0 bridgehead atoms. The molecule has 142 valence electrons. The highest BCUT2D eigenvalue weighted by Crippen LogP contribution is 2.33. The first-order chi connectivity index (χ1) is 12.2. The quantitative estimate of drug-likeness (QED) is 0.691. The normalized spacial score (nSPS) is 15.7. The summed E-state index contributed by atoms with van der Waals surface area (Å²) in [5, 5.41) is 14.4. The molecular weight excluding hydrogens is 339 g/mol. The van der Waals surface area contributed by atoms with E-state index >= 15 is 0 Å². The number of amides is 2. The molecule has 0 heterocycles. The molecule has 0 radical (unpaired) electrons. The van der Waals surface area contributed by atoms with Crippen LogP contribution in [-0.2, 0) is 9.59 Å². The Bertz CT molecular complexity index is 697. The van der Waals surface area contributed by atoms with Gasteiger partial charge < -0.3 is 15.7 Å². The maximum Gasteiger partial charge on any atom is 0.305 e. The number of anilines is 1. The van der Waals surface area contributed by atoms with Crippen LogP contribution in [-0.4, -0.2) is 28.4 Å². The third-order valence-electron chi connectivity index (χ3n) is 4.53. The summed E-state index contributed by atoms with van der Waals surface area (Å²) in [6, 6.07) is 3.83. The Kier molecular flexibility index (Phi) is 6.34. The Morgan fingerprint density at radius 2 is 1.88 bits per heavy atom. The van der Waals surface area contributed by atoms with Gasteiger partial charge in [0, 0.05) is 12.0 Å². The Labute approximate surface area is 152 Å². The molecule has 3 N–H and O–H groups in total. The van der Waals surface area contributed by atoms with Gasteiger partial charge in [-0.05, 0) is 37.0 Å². The van der Waals surface area contributed by atoms with Crippen molar-refractivity contribution in [1.29, 1.82) is 0 Å². The van der Waals surface area contributed by atoms with Crippen molar-refractivity contribution >= 4 is 23.5 Å². The van der Waals surface area contributed by atoms with Crippen LogP contribution < -0.4 is 10.6 Å². The number of benzene rings is 1. The second kappa shape index (κ2) is 8.29. The summed E-state index contributed by atoms with van der Waals surface area (Å²) in [4.78, 5) is 35.3. The van der Waals surface area contributed by atoms with Gasteiger partial charge in [-0.3, -0.25) is 14.4 Å². The van der Waals surface area contributed by atoms with E-state index in [1.54, 1.807) is 0 Å². The highest BCUT2D eigenvalue weighted by Gasteiger charge is 2.37. The summed E-state index contributed by atoms with van der Waals surface area (Å²) in [5.41, 5.74) is -0.655. The molecule has 1 aliphatic rings. The molecule has 1 aromatic carbocycles. The molecule has 1 aromatic rings. The van der Waals surface area contributed by atoms with Crippen LogP contribution in [0.4, 0.5) is 10.1 Å². The molecule has 26 heavy (non-hydrogen) atoms. The SMILES string of the molecule is CC(C)CC(=O)Nc1ccc(C(=O)NC2(CC(=O)O)CCCC2)cc1F. The molecule has 2 rings (SSSR count). The Morgan fingerprint density at radius 3 is 2.42 bits per heavy atom. The van der Waals surface area contributed by atoms with Crippen LogP contribution in [0.3, 0.4) is 0 Å². The van der Waals surface area contributed by atoms with E-state index in [-0.39, 0.29) is 35.9 Å². The lowest BCUT2D eigenvalue weighted by atomic mass is 9.92. The fourth-order valence-electron chi connectivity index (χ4n) is 3.33. The van der Waals surface area contributed by atoms with E-state index in [2.05, 4.69) is 10.6 Å². The fourth-order valence-corrected chi connectivity index (χ4v) is 3.33. The van der Waals surface area contributed by atoms with Crippen LogP contribution in [0.5, 0.6) is 0 Å². The molecule has 7 heteroatoms. The Morgan fingerprint density at radius 1 is 1.23 bits per heavy atom. The van der Waals surface area contributed by atoms with Crippen LogP contribution in [0, 0.1) is 11.7 Å². The number of carboxylic acid groups (broad SMARTS) is 1. The molecule has 0 unspecified atom stereocenters. The number of carboxylic acids is 1. The van der Waals surface area contributed by atoms with Crippen molar-refractivity contribution in [2.75, 3.05) is 5.32 Å². The van der Waals surface area contributed by atoms with Crippen molar-refractivity contribution in [3.05, 3.63) is 29.6 Å².